The van der Waals surface area contributed by atoms with Gasteiger partial charge in [-0.2, -0.15) is 5.26 Å². The molecule has 0 N–H and O–H groups in total. The topological polar surface area (TPSA) is 44.1 Å². The summed E-state index contributed by atoms with van der Waals surface area (Å²) in [4.78, 5) is 12.3. The minimum Gasteiger partial charge on any atom is -0.280 e. The van der Waals surface area contributed by atoms with Crippen molar-refractivity contribution in [3.05, 3.63) is 0 Å². The number of carbonyl (C=O) groups is 1. The zero-order valence-electron chi connectivity index (χ0n) is 5.38. The summed E-state index contributed by atoms with van der Waals surface area (Å²) in [7, 11) is 0. The Hall–Kier alpha value is -0.590. The van der Waals surface area contributed by atoms with Crippen molar-refractivity contribution < 1.29 is 4.79 Å². The van der Waals surface area contributed by atoms with Crippen molar-refractivity contribution in [3.8, 4) is 6.07 Å². The van der Waals surface area contributed by atoms with Crippen LogP contribution in [0, 0.1) is 11.3 Å². The molecule has 54 valence electrons. The molecule has 3 nitrogen and oxygen atoms in total. The molecule has 0 spiro atoms. The van der Waals surface area contributed by atoms with E-state index >= 15 is 0 Å². The molecule has 0 amide bonds. The first-order chi connectivity index (χ1) is 4.75. The normalized spacial score (nSPS) is 25.0. The zero-order valence-corrected chi connectivity index (χ0v) is 6.14. The van der Waals surface area contributed by atoms with Gasteiger partial charge in [-0.25, -0.2) is 0 Å². The van der Waals surface area contributed by atoms with Crippen LogP contribution in [0.15, 0.2) is 0 Å². The van der Waals surface area contributed by atoms with Gasteiger partial charge in [-0.1, -0.05) is 0 Å². The van der Waals surface area contributed by atoms with E-state index in [4.69, 9.17) is 16.9 Å². The van der Waals surface area contributed by atoms with Gasteiger partial charge in [-0.15, -0.1) is 0 Å². The molecule has 0 aromatic heterocycles. The molecular weight excluding hydrogens is 152 g/mol. The Morgan fingerprint density at radius 3 is 2.90 bits per heavy atom. The third-order valence-electron chi connectivity index (χ3n) is 1.67. The largest absolute Gasteiger partial charge is 0.280 e. The van der Waals surface area contributed by atoms with E-state index in [9.17, 15) is 4.79 Å². The van der Waals surface area contributed by atoms with Gasteiger partial charge in [0.05, 0.1) is 18.7 Å². The van der Waals surface area contributed by atoms with Gasteiger partial charge in [0.2, 0.25) is 5.24 Å². The molecule has 0 bridgehead atoms. The highest BCUT2D eigenvalue weighted by Crippen LogP contribution is 2.18. The third kappa shape index (κ3) is 1.28. The lowest BCUT2D eigenvalue weighted by atomic mass is 10.1. The highest BCUT2D eigenvalue weighted by atomic mass is 35.5. The first-order valence-corrected chi connectivity index (χ1v) is 3.44. The van der Waals surface area contributed by atoms with Crippen molar-refractivity contribution in [2.24, 2.45) is 0 Å². The monoisotopic (exact) mass is 158 g/mol. The van der Waals surface area contributed by atoms with Crippen LogP contribution in [0.1, 0.15) is 6.42 Å². The van der Waals surface area contributed by atoms with Crippen LogP contribution in [-0.2, 0) is 4.79 Å². The van der Waals surface area contributed by atoms with E-state index in [-0.39, 0.29) is 11.3 Å². The molecule has 0 saturated carbocycles. The molecule has 1 aliphatic rings. The highest BCUT2D eigenvalue weighted by Gasteiger charge is 2.32. The number of carbonyl (C=O) groups excluding carboxylic acids is 1. The summed E-state index contributed by atoms with van der Waals surface area (Å²) in [5.41, 5.74) is 0. The number of hydrogen-bond donors (Lipinski definition) is 0. The lowest BCUT2D eigenvalue weighted by Gasteiger charge is -2.36. The van der Waals surface area contributed by atoms with Crippen LogP contribution < -0.4 is 0 Å². The summed E-state index contributed by atoms with van der Waals surface area (Å²) in [6.45, 7) is 1.12. The third-order valence-corrected chi connectivity index (χ3v) is 1.92. The van der Waals surface area contributed by atoms with E-state index in [2.05, 4.69) is 0 Å². The van der Waals surface area contributed by atoms with Crippen LogP contribution in [0.5, 0.6) is 0 Å². The number of nitriles is 1. The standard InChI is InChI=1S/C6H7ClN2O/c7-6(10)5-1-3-9(5)4-2-8/h5H,1,3-4H2. The predicted octanol–water partition coefficient (Wildman–Crippen LogP) is 0.350. The Bertz CT molecular complexity index is 187. The second-order valence-corrected chi connectivity index (χ2v) is 2.61. The fraction of sp³-hybridized carbons (Fsp3) is 0.667. The van der Waals surface area contributed by atoms with Crippen LogP contribution in [0.4, 0.5) is 0 Å². The van der Waals surface area contributed by atoms with Gasteiger partial charge in [0.15, 0.2) is 0 Å². The van der Waals surface area contributed by atoms with E-state index in [0.717, 1.165) is 13.0 Å². The average Bonchev–Trinajstić information content (AvgIpc) is 1.78. The van der Waals surface area contributed by atoms with E-state index < -0.39 is 0 Å². The summed E-state index contributed by atoms with van der Waals surface area (Å²) in [5.74, 6) is 0. The van der Waals surface area contributed by atoms with Gasteiger partial charge in [-0.05, 0) is 18.0 Å². The summed E-state index contributed by atoms with van der Waals surface area (Å²) in [6.07, 6.45) is 0.796. The van der Waals surface area contributed by atoms with Crippen molar-refractivity contribution in [1.29, 1.82) is 5.26 Å². The van der Waals surface area contributed by atoms with Gasteiger partial charge in [0, 0.05) is 6.54 Å². The number of nitrogens with zero attached hydrogens (tertiary/aromatic N) is 2. The van der Waals surface area contributed by atoms with Crippen molar-refractivity contribution in [3.63, 3.8) is 0 Å². The van der Waals surface area contributed by atoms with Crippen molar-refractivity contribution in [2.45, 2.75) is 12.5 Å². The molecule has 1 aliphatic heterocycles. The lowest BCUT2D eigenvalue weighted by molar-refractivity contribution is -0.119. The van der Waals surface area contributed by atoms with Crippen LogP contribution in [0.3, 0.4) is 0 Å². The average molecular weight is 159 g/mol. The molecule has 0 aliphatic carbocycles. The Morgan fingerprint density at radius 2 is 2.60 bits per heavy atom. The summed E-state index contributed by atoms with van der Waals surface area (Å²) >= 11 is 5.22. The molecule has 1 unspecified atom stereocenters. The van der Waals surface area contributed by atoms with E-state index in [1.807, 2.05) is 6.07 Å². The van der Waals surface area contributed by atoms with Crippen LogP contribution in [0.25, 0.3) is 0 Å². The van der Waals surface area contributed by atoms with Gasteiger partial charge in [0.1, 0.15) is 0 Å². The van der Waals surface area contributed by atoms with E-state index in [0.29, 0.717) is 6.54 Å². The molecule has 1 rings (SSSR count). The van der Waals surface area contributed by atoms with E-state index in [1.54, 1.807) is 4.90 Å². The fourth-order valence-electron chi connectivity index (χ4n) is 0.978. The molecule has 0 radical (unpaired) electrons. The Kier molecular flexibility index (Phi) is 2.25. The van der Waals surface area contributed by atoms with Gasteiger partial charge in [-0.3, -0.25) is 9.69 Å². The molecule has 1 saturated heterocycles. The maximum atomic E-state index is 10.5. The Morgan fingerprint density at radius 1 is 1.90 bits per heavy atom. The van der Waals surface area contributed by atoms with Crippen molar-refractivity contribution in [2.75, 3.05) is 13.1 Å². The van der Waals surface area contributed by atoms with Gasteiger partial charge >= 0.3 is 0 Å². The molecule has 1 atom stereocenters. The summed E-state index contributed by atoms with van der Waals surface area (Å²) < 4.78 is 0. The Labute approximate surface area is 64.2 Å². The molecule has 10 heavy (non-hydrogen) atoms. The zero-order chi connectivity index (χ0) is 7.56. The highest BCUT2D eigenvalue weighted by molar-refractivity contribution is 6.64. The number of halogens is 1. The SMILES string of the molecule is N#CCN1CCC1C(=O)Cl. The van der Waals surface area contributed by atoms with Crippen molar-refractivity contribution in [1.82, 2.24) is 4.90 Å². The van der Waals surface area contributed by atoms with Gasteiger partial charge in [0.25, 0.3) is 0 Å². The molecule has 1 fully saturated rings. The predicted molar refractivity (Wildman–Crippen MR) is 36.5 cm³/mol. The first-order valence-electron chi connectivity index (χ1n) is 3.06. The number of hydrogen-bond acceptors (Lipinski definition) is 3. The van der Waals surface area contributed by atoms with Crippen LogP contribution in [-0.4, -0.2) is 29.3 Å². The second-order valence-electron chi connectivity index (χ2n) is 2.24. The van der Waals surface area contributed by atoms with Crippen LogP contribution >= 0.6 is 11.6 Å². The quantitative estimate of drug-likeness (QED) is 0.430. The maximum Gasteiger partial charge on any atom is 0.238 e. The minimum atomic E-state index is -0.346. The Balaban J connectivity index is 2.37. The first kappa shape index (κ1) is 7.52. The molecule has 4 heteroatoms. The van der Waals surface area contributed by atoms with Gasteiger partial charge < -0.3 is 0 Å². The van der Waals surface area contributed by atoms with Crippen molar-refractivity contribution >= 4 is 16.8 Å². The van der Waals surface area contributed by atoms with E-state index in [1.165, 1.54) is 0 Å². The smallest absolute Gasteiger partial charge is 0.238 e. The minimum absolute atomic E-state index is 0.193. The molecule has 0 aromatic carbocycles. The molecular formula is C6H7ClN2O. The number of rotatable bonds is 2. The van der Waals surface area contributed by atoms with Crippen LogP contribution in [0.2, 0.25) is 0 Å². The number of likely N-dealkylation sites (tertiary alicyclic amines) is 1. The molecule has 0 aromatic rings. The molecule has 1 heterocycles. The summed E-state index contributed by atoms with van der Waals surface area (Å²) in [5, 5.41) is 7.91. The summed E-state index contributed by atoms with van der Waals surface area (Å²) in [6, 6.07) is 1.78. The maximum absolute atomic E-state index is 10.5. The lowest BCUT2D eigenvalue weighted by Crippen LogP contribution is -2.50. The second kappa shape index (κ2) is 3.00. The fourth-order valence-corrected chi connectivity index (χ4v) is 1.22.